The molecule has 0 aromatic heterocycles. The molecule has 0 saturated heterocycles. The smallest absolute Gasteiger partial charge is 0.298 e. The van der Waals surface area contributed by atoms with E-state index in [1.54, 1.807) is 0 Å². The van der Waals surface area contributed by atoms with Crippen molar-refractivity contribution < 1.29 is 31.1 Å². The van der Waals surface area contributed by atoms with E-state index >= 15 is 0 Å². The van der Waals surface area contributed by atoms with Crippen LogP contribution in [0.2, 0.25) is 0 Å². The summed E-state index contributed by atoms with van der Waals surface area (Å²) in [6.07, 6.45) is -9.88. The molecule has 1 nitrogen and oxygen atoms in total. The zero-order valence-electron chi connectivity index (χ0n) is 7.79. The predicted molar refractivity (Wildman–Crippen MR) is 54.6 cm³/mol. The standard InChI is InChI=1S/C9H3F6IO/c10-8(11,12)5-1-2-6(9(13,14)15)7(16)4(5)3-17/h1-3H. The van der Waals surface area contributed by atoms with Gasteiger partial charge in [-0.25, -0.2) is 0 Å². The molecule has 0 amide bonds. The van der Waals surface area contributed by atoms with Crippen LogP contribution in [-0.4, -0.2) is 6.29 Å². The first-order chi connectivity index (χ1) is 7.59. The van der Waals surface area contributed by atoms with Gasteiger partial charge in [0.1, 0.15) is 0 Å². The summed E-state index contributed by atoms with van der Waals surface area (Å²) in [4.78, 5) is 10.5. The third-order valence-corrected chi connectivity index (χ3v) is 3.07. The molecule has 0 atom stereocenters. The normalized spacial score (nSPS) is 12.6. The molecule has 0 radical (unpaired) electrons. The van der Waals surface area contributed by atoms with Gasteiger partial charge < -0.3 is 0 Å². The van der Waals surface area contributed by atoms with E-state index in [-0.39, 0.29) is 12.4 Å². The lowest BCUT2D eigenvalue weighted by Crippen LogP contribution is -2.15. The van der Waals surface area contributed by atoms with E-state index in [1.165, 1.54) is 0 Å². The van der Waals surface area contributed by atoms with Crippen LogP contribution in [0.25, 0.3) is 0 Å². The largest absolute Gasteiger partial charge is 0.417 e. The Morgan fingerprint density at radius 3 is 1.71 bits per heavy atom. The molecule has 0 aliphatic rings. The number of carbonyl (C=O) groups excluding carboxylic acids is 1. The number of hydrogen-bond acceptors (Lipinski definition) is 1. The summed E-state index contributed by atoms with van der Waals surface area (Å²) in [5.41, 5.74) is -3.62. The zero-order valence-corrected chi connectivity index (χ0v) is 9.94. The first-order valence-electron chi connectivity index (χ1n) is 4.01. The highest BCUT2D eigenvalue weighted by Crippen LogP contribution is 2.39. The van der Waals surface area contributed by atoms with Crippen molar-refractivity contribution in [1.29, 1.82) is 0 Å². The second kappa shape index (κ2) is 4.46. The minimum atomic E-state index is -4.86. The summed E-state index contributed by atoms with van der Waals surface area (Å²) in [5.74, 6) is 0. The van der Waals surface area contributed by atoms with E-state index in [9.17, 15) is 31.1 Å². The number of rotatable bonds is 1. The fourth-order valence-corrected chi connectivity index (χ4v) is 2.08. The van der Waals surface area contributed by atoms with Crippen LogP contribution < -0.4 is 0 Å². The predicted octanol–water partition coefficient (Wildman–Crippen LogP) is 4.14. The fraction of sp³-hybridized carbons (Fsp3) is 0.222. The van der Waals surface area contributed by atoms with Crippen molar-refractivity contribution in [3.8, 4) is 0 Å². The van der Waals surface area contributed by atoms with Crippen molar-refractivity contribution in [3.63, 3.8) is 0 Å². The number of aldehydes is 1. The van der Waals surface area contributed by atoms with Gasteiger partial charge in [-0.05, 0) is 34.7 Å². The molecule has 1 aromatic rings. The van der Waals surface area contributed by atoms with E-state index in [1.807, 2.05) is 0 Å². The highest BCUT2D eigenvalue weighted by Gasteiger charge is 2.39. The molecule has 0 aliphatic carbocycles. The zero-order chi connectivity index (χ0) is 13.4. The lowest BCUT2D eigenvalue weighted by atomic mass is 10.0. The second-order valence-electron chi connectivity index (χ2n) is 3.00. The lowest BCUT2D eigenvalue weighted by molar-refractivity contribution is -0.142. The Kier molecular flexibility index (Phi) is 3.75. The minimum absolute atomic E-state index is 0.222. The third kappa shape index (κ3) is 2.90. The summed E-state index contributed by atoms with van der Waals surface area (Å²) in [6.45, 7) is 0. The van der Waals surface area contributed by atoms with E-state index in [0.29, 0.717) is 6.07 Å². The Bertz CT molecular complexity index is 448. The lowest BCUT2D eigenvalue weighted by Gasteiger charge is -2.15. The summed E-state index contributed by atoms with van der Waals surface area (Å²) < 4.78 is 73.6. The Labute approximate surface area is 105 Å². The summed E-state index contributed by atoms with van der Waals surface area (Å²) in [5, 5.41) is 0. The second-order valence-corrected chi connectivity index (χ2v) is 4.08. The number of carbonyl (C=O) groups is 1. The van der Waals surface area contributed by atoms with Gasteiger partial charge in [-0.15, -0.1) is 0 Å². The molecule has 0 spiro atoms. The average molecular weight is 368 g/mol. The molecule has 0 heterocycles. The van der Waals surface area contributed by atoms with Crippen LogP contribution in [0, 0.1) is 3.57 Å². The Morgan fingerprint density at radius 1 is 0.941 bits per heavy atom. The molecular weight excluding hydrogens is 365 g/mol. The molecule has 1 aromatic carbocycles. The van der Waals surface area contributed by atoms with Crippen LogP contribution in [0.3, 0.4) is 0 Å². The van der Waals surface area contributed by atoms with Gasteiger partial charge >= 0.3 is 12.4 Å². The van der Waals surface area contributed by atoms with Crippen LogP contribution >= 0.6 is 22.6 Å². The Hall–Kier alpha value is -0.800. The Balaban J connectivity index is 3.54. The molecule has 0 N–H and O–H groups in total. The molecule has 0 saturated carbocycles. The van der Waals surface area contributed by atoms with Gasteiger partial charge in [0, 0.05) is 9.13 Å². The van der Waals surface area contributed by atoms with Crippen molar-refractivity contribution in [1.82, 2.24) is 0 Å². The summed E-state index contributed by atoms with van der Waals surface area (Å²) >= 11 is 1.08. The first-order valence-corrected chi connectivity index (χ1v) is 5.09. The fourth-order valence-electron chi connectivity index (χ4n) is 1.17. The summed E-state index contributed by atoms with van der Waals surface area (Å²) in [7, 11) is 0. The highest BCUT2D eigenvalue weighted by atomic mass is 127. The van der Waals surface area contributed by atoms with Crippen LogP contribution in [-0.2, 0) is 12.4 Å². The van der Waals surface area contributed by atoms with Gasteiger partial charge in [-0.3, -0.25) is 4.79 Å². The monoisotopic (exact) mass is 368 g/mol. The van der Waals surface area contributed by atoms with Gasteiger partial charge in [-0.1, -0.05) is 0 Å². The number of hydrogen-bond donors (Lipinski definition) is 0. The quantitative estimate of drug-likeness (QED) is 0.414. The molecule has 0 fully saturated rings. The third-order valence-electron chi connectivity index (χ3n) is 1.91. The molecular formula is C9H3F6IO. The number of alkyl halides is 6. The molecule has 17 heavy (non-hydrogen) atoms. The molecule has 0 aliphatic heterocycles. The van der Waals surface area contributed by atoms with E-state index < -0.39 is 32.6 Å². The molecule has 1 rings (SSSR count). The van der Waals surface area contributed by atoms with Crippen molar-refractivity contribution in [2.24, 2.45) is 0 Å². The first kappa shape index (κ1) is 14.3. The van der Waals surface area contributed by atoms with Crippen LogP contribution in [0.15, 0.2) is 12.1 Å². The van der Waals surface area contributed by atoms with E-state index in [2.05, 4.69) is 0 Å². The SMILES string of the molecule is O=Cc1c(C(F)(F)F)ccc(C(F)(F)F)c1I. The molecule has 8 heteroatoms. The van der Waals surface area contributed by atoms with Gasteiger partial charge in [-0.2, -0.15) is 26.3 Å². The molecule has 0 bridgehead atoms. The average Bonchev–Trinajstić information content (AvgIpc) is 2.13. The Morgan fingerprint density at radius 2 is 1.35 bits per heavy atom. The minimum Gasteiger partial charge on any atom is -0.298 e. The van der Waals surface area contributed by atoms with Crippen LogP contribution in [0.4, 0.5) is 26.3 Å². The highest BCUT2D eigenvalue weighted by molar-refractivity contribution is 14.1. The van der Waals surface area contributed by atoms with Gasteiger partial charge in [0.15, 0.2) is 6.29 Å². The summed E-state index contributed by atoms with van der Waals surface area (Å²) in [6, 6.07) is 0.576. The maximum atomic E-state index is 12.4. The molecule has 0 unspecified atom stereocenters. The van der Waals surface area contributed by atoms with Gasteiger partial charge in [0.2, 0.25) is 0 Å². The number of benzene rings is 1. The van der Waals surface area contributed by atoms with Crippen molar-refractivity contribution in [2.75, 3.05) is 0 Å². The van der Waals surface area contributed by atoms with Crippen molar-refractivity contribution >= 4 is 28.9 Å². The maximum absolute atomic E-state index is 12.4. The van der Waals surface area contributed by atoms with Gasteiger partial charge in [0.05, 0.1) is 11.1 Å². The van der Waals surface area contributed by atoms with Gasteiger partial charge in [0.25, 0.3) is 0 Å². The molecule has 94 valence electrons. The van der Waals surface area contributed by atoms with E-state index in [4.69, 9.17) is 0 Å². The van der Waals surface area contributed by atoms with Crippen molar-refractivity contribution in [3.05, 3.63) is 32.4 Å². The van der Waals surface area contributed by atoms with Crippen LogP contribution in [0.5, 0.6) is 0 Å². The number of halogens is 7. The van der Waals surface area contributed by atoms with Crippen LogP contribution in [0.1, 0.15) is 21.5 Å². The van der Waals surface area contributed by atoms with Crippen molar-refractivity contribution in [2.45, 2.75) is 12.4 Å². The van der Waals surface area contributed by atoms with E-state index in [0.717, 1.165) is 22.6 Å². The maximum Gasteiger partial charge on any atom is 0.417 e. The topological polar surface area (TPSA) is 17.1 Å².